The van der Waals surface area contributed by atoms with Crippen molar-refractivity contribution in [2.24, 2.45) is 0 Å². The van der Waals surface area contributed by atoms with Crippen LogP contribution in [0.15, 0.2) is 78.9 Å². The first kappa shape index (κ1) is 24.7. The van der Waals surface area contributed by atoms with Gasteiger partial charge in [-0.1, -0.05) is 74.2 Å². The Labute approximate surface area is 209 Å². The summed E-state index contributed by atoms with van der Waals surface area (Å²) in [6.45, 7) is 0.914. The van der Waals surface area contributed by atoms with E-state index in [2.05, 4.69) is 82.3 Å². The highest BCUT2D eigenvalue weighted by molar-refractivity contribution is 5.90. The van der Waals surface area contributed by atoms with Gasteiger partial charge < -0.3 is 15.5 Å². The summed E-state index contributed by atoms with van der Waals surface area (Å²) >= 11 is 0. The third-order valence-electron chi connectivity index (χ3n) is 6.72. The van der Waals surface area contributed by atoms with E-state index in [1.54, 1.807) is 0 Å². The molecular formula is C30H37N5. The Balaban J connectivity index is 0.00000289. The summed E-state index contributed by atoms with van der Waals surface area (Å²) in [5.74, 6) is 1.69. The Morgan fingerprint density at radius 2 is 1.37 bits per heavy atom. The average Bonchev–Trinajstić information content (AvgIpc) is 2.88. The van der Waals surface area contributed by atoms with Crippen LogP contribution in [0.25, 0.3) is 22.0 Å². The van der Waals surface area contributed by atoms with Gasteiger partial charge in [-0.15, -0.1) is 0 Å². The molecule has 0 unspecified atom stereocenters. The summed E-state index contributed by atoms with van der Waals surface area (Å²) in [5.41, 5.74) is 4.85. The smallest absolute Gasteiger partial charge is 0.225 e. The summed E-state index contributed by atoms with van der Waals surface area (Å²) in [7, 11) is 4.06. The quantitative estimate of drug-likeness (QED) is 0.324. The number of hydrogen-bond donors (Lipinski definition) is 2. The number of hydrogen-bond acceptors (Lipinski definition) is 5. The van der Waals surface area contributed by atoms with E-state index in [0.717, 1.165) is 54.9 Å². The van der Waals surface area contributed by atoms with Crippen LogP contribution in [0, 0.1) is 0 Å². The number of benzene rings is 3. The van der Waals surface area contributed by atoms with Crippen LogP contribution < -0.4 is 15.5 Å². The van der Waals surface area contributed by atoms with Crippen LogP contribution in [-0.2, 0) is 6.54 Å². The second-order valence-corrected chi connectivity index (χ2v) is 9.42. The molecule has 0 atom stereocenters. The molecule has 2 N–H and O–H groups in total. The van der Waals surface area contributed by atoms with E-state index in [-0.39, 0.29) is 7.43 Å². The molecule has 182 valence electrons. The van der Waals surface area contributed by atoms with Crippen LogP contribution in [0.5, 0.6) is 0 Å². The molecule has 0 spiro atoms. The van der Waals surface area contributed by atoms with E-state index in [0.29, 0.717) is 12.1 Å². The highest BCUT2D eigenvalue weighted by atomic mass is 15.2. The molecule has 35 heavy (non-hydrogen) atoms. The van der Waals surface area contributed by atoms with Crippen molar-refractivity contribution < 1.29 is 0 Å². The van der Waals surface area contributed by atoms with E-state index in [4.69, 9.17) is 9.97 Å². The zero-order chi connectivity index (χ0) is 23.3. The summed E-state index contributed by atoms with van der Waals surface area (Å²) in [4.78, 5) is 11.6. The number of fused-ring (bicyclic) bond motifs is 1. The highest BCUT2D eigenvalue weighted by Crippen LogP contribution is 2.26. The van der Waals surface area contributed by atoms with Crippen molar-refractivity contribution in [3.05, 3.63) is 84.4 Å². The zero-order valence-electron chi connectivity index (χ0n) is 20.0. The van der Waals surface area contributed by atoms with Crippen molar-refractivity contribution in [2.75, 3.05) is 24.3 Å². The fourth-order valence-electron chi connectivity index (χ4n) is 4.80. The molecule has 0 radical (unpaired) electrons. The number of nitrogens with one attached hydrogen (secondary N) is 2. The van der Waals surface area contributed by atoms with Crippen LogP contribution in [0.3, 0.4) is 0 Å². The second-order valence-electron chi connectivity index (χ2n) is 9.42. The molecule has 0 saturated heterocycles. The van der Waals surface area contributed by atoms with E-state index in [1.807, 2.05) is 26.2 Å². The molecule has 0 bridgehead atoms. The number of rotatable bonds is 7. The highest BCUT2D eigenvalue weighted by Gasteiger charge is 2.22. The molecule has 4 aromatic rings. The summed E-state index contributed by atoms with van der Waals surface area (Å²) < 4.78 is 0. The van der Waals surface area contributed by atoms with Gasteiger partial charge in [0.05, 0.1) is 5.52 Å². The fraction of sp³-hybridized carbons (Fsp3) is 0.333. The third kappa shape index (κ3) is 5.98. The predicted octanol–water partition coefficient (Wildman–Crippen LogP) is 6.51. The first-order valence-electron chi connectivity index (χ1n) is 12.2. The maximum atomic E-state index is 4.81. The standard InChI is InChI=1S/C29H33N5.CH4/c1-34(2)28-26-10-6-7-11-27(26)32-29(33-28)31-25-18-16-24(17-19-25)30-20-21-12-14-23(15-13-21)22-8-4-3-5-9-22;/h3-15,24-25,30H,16-20H2,1-2H3,(H,31,32,33);1H4. The van der Waals surface area contributed by atoms with Crippen molar-refractivity contribution in [3.63, 3.8) is 0 Å². The summed E-state index contributed by atoms with van der Waals surface area (Å²) in [6, 6.07) is 28.6. The largest absolute Gasteiger partial charge is 0.362 e. The minimum Gasteiger partial charge on any atom is -0.362 e. The van der Waals surface area contributed by atoms with Gasteiger partial charge in [0.2, 0.25) is 5.95 Å². The van der Waals surface area contributed by atoms with Crippen molar-refractivity contribution in [1.82, 2.24) is 15.3 Å². The van der Waals surface area contributed by atoms with Crippen LogP contribution in [-0.4, -0.2) is 36.1 Å². The molecule has 1 saturated carbocycles. The maximum Gasteiger partial charge on any atom is 0.225 e. The molecule has 0 aliphatic heterocycles. The molecule has 1 heterocycles. The van der Waals surface area contributed by atoms with Crippen molar-refractivity contribution in [3.8, 4) is 11.1 Å². The van der Waals surface area contributed by atoms with E-state index in [1.165, 1.54) is 16.7 Å². The van der Waals surface area contributed by atoms with E-state index in [9.17, 15) is 0 Å². The van der Waals surface area contributed by atoms with Crippen LogP contribution in [0.4, 0.5) is 11.8 Å². The molecule has 5 rings (SSSR count). The first-order chi connectivity index (χ1) is 16.7. The van der Waals surface area contributed by atoms with Gasteiger partial charge in [-0.25, -0.2) is 4.98 Å². The van der Waals surface area contributed by atoms with E-state index >= 15 is 0 Å². The average molecular weight is 468 g/mol. The molecule has 1 aromatic heterocycles. The van der Waals surface area contributed by atoms with Gasteiger partial charge in [0, 0.05) is 38.1 Å². The summed E-state index contributed by atoms with van der Waals surface area (Å²) in [5, 5.41) is 8.46. The molecule has 1 aliphatic rings. The minimum absolute atomic E-state index is 0. The lowest BCUT2D eigenvalue weighted by Crippen LogP contribution is -2.37. The predicted molar refractivity (Wildman–Crippen MR) is 149 cm³/mol. The van der Waals surface area contributed by atoms with Crippen molar-refractivity contribution in [1.29, 1.82) is 0 Å². The number of aromatic nitrogens is 2. The van der Waals surface area contributed by atoms with Crippen LogP contribution >= 0.6 is 0 Å². The van der Waals surface area contributed by atoms with Crippen LogP contribution in [0.1, 0.15) is 38.7 Å². The van der Waals surface area contributed by atoms with Crippen LogP contribution in [0.2, 0.25) is 0 Å². The van der Waals surface area contributed by atoms with Gasteiger partial charge in [-0.05, 0) is 54.5 Å². The Hall–Kier alpha value is -3.44. The van der Waals surface area contributed by atoms with E-state index < -0.39 is 0 Å². The first-order valence-corrected chi connectivity index (χ1v) is 12.2. The normalized spacial score (nSPS) is 17.5. The molecular weight excluding hydrogens is 430 g/mol. The van der Waals surface area contributed by atoms with Crippen molar-refractivity contribution >= 4 is 22.7 Å². The lowest BCUT2D eigenvalue weighted by atomic mass is 9.91. The van der Waals surface area contributed by atoms with Crippen molar-refractivity contribution in [2.45, 2.75) is 51.7 Å². The molecule has 1 aliphatic carbocycles. The van der Waals surface area contributed by atoms with Gasteiger partial charge in [0.15, 0.2) is 0 Å². The number of anilines is 2. The number of para-hydroxylation sites is 1. The Morgan fingerprint density at radius 1 is 0.743 bits per heavy atom. The lowest BCUT2D eigenvalue weighted by molar-refractivity contribution is 0.352. The minimum atomic E-state index is 0. The lowest BCUT2D eigenvalue weighted by Gasteiger charge is -2.30. The molecule has 3 aromatic carbocycles. The Kier molecular flexibility index (Phi) is 7.98. The number of nitrogens with zero attached hydrogens (tertiary/aromatic N) is 3. The Bertz CT molecular complexity index is 1210. The molecule has 0 amide bonds. The Morgan fingerprint density at radius 3 is 2.09 bits per heavy atom. The topological polar surface area (TPSA) is 53.1 Å². The van der Waals surface area contributed by atoms with Gasteiger partial charge >= 0.3 is 0 Å². The van der Waals surface area contributed by atoms with Gasteiger partial charge in [0.25, 0.3) is 0 Å². The van der Waals surface area contributed by atoms with Gasteiger partial charge in [0.1, 0.15) is 5.82 Å². The molecule has 1 fully saturated rings. The molecule has 5 heteroatoms. The van der Waals surface area contributed by atoms with Gasteiger partial charge in [-0.2, -0.15) is 4.98 Å². The fourth-order valence-corrected chi connectivity index (χ4v) is 4.80. The third-order valence-corrected chi connectivity index (χ3v) is 6.72. The summed E-state index contributed by atoms with van der Waals surface area (Å²) in [6.07, 6.45) is 4.57. The maximum absolute atomic E-state index is 4.81. The second kappa shape index (κ2) is 11.3. The monoisotopic (exact) mass is 467 g/mol. The SMILES string of the molecule is C.CN(C)c1nc(NC2CCC(NCc3ccc(-c4ccccc4)cc3)CC2)nc2ccccc12. The molecule has 5 nitrogen and oxygen atoms in total. The van der Waals surface area contributed by atoms with Gasteiger partial charge in [-0.3, -0.25) is 0 Å². The zero-order valence-corrected chi connectivity index (χ0v) is 20.0.